The van der Waals surface area contributed by atoms with E-state index in [0.717, 1.165) is 0 Å². The molecule has 3 rings (SSSR count). The van der Waals surface area contributed by atoms with Crippen molar-refractivity contribution in [2.24, 2.45) is 5.73 Å². The fraction of sp³-hybridized carbons (Fsp3) is 0.364. The molecule has 0 aromatic heterocycles. The molecule has 6 nitrogen and oxygen atoms in total. The molecule has 3 N–H and O–H groups in total. The fourth-order valence-corrected chi connectivity index (χ4v) is 3.49. The van der Waals surface area contributed by atoms with Gasteiger partial charge in [-0.2, -0.15) is 0 Å². The Bertz CT molecular complexity index is 875. The van der Waals surface area contributed by atoms with Gasteiger partial charge in [0.05, 0.1) is 10.6 Å². The molecular formula is C22H26ClN3O3. The van der Waals surface area contributed by atoms with Crippen LogP contribution in [0.25, 0.3) is 0 Å². The predicted molar refractivity (Wildman–Crippen MR) is 114 cm³/mol. The van der Waals surface area contributed by atoms with Crippen LogP contribution in [0.15, 0.2) is 48.5 Å². The Morgan fingerprint density at radius 3 is 2.31 bits per heavy atom. The highest BCUT2D eigenvalue weighted by Gasteiger charge is 2.36. The van der Waals surface area contributed by atoms with Crippen molar-refractivity contribution >= 4 is 29.3 Å². The second-order valence-corrected chi connectivity index (χ2v) is 8.04. The number of amides is 2. The van der Waals surface area contributed by atoms with Gasteiger partial charge in [-0.05, 0) is 35.7 Å². The van der Waals surface area contributed by atoms with Crippen molar-refractivity contribution < 1.29 is 14.3 Å². The fourth-order valence-electron chi connectivity index (χ4n) is 3.27. The van der Waals surface area contributed by atoms with Crippen molar-refractivity contribution in [3.63, 3.8) is 0 Å². The molecular weight excluding hydrogens is 390 g/mol. The number of nitrogens with one attached hydrogen (secondary N) is 1. The first-order chi connectivity index (χ1) is 13.8. The summed E-state index contributed by atoms with van der Waals surface area (Å²) in [6.07, 6.45) is 0.0990. The van der Waals surface area contributed by atoms with E-state index < -0.39 is 11.8 Å². The second kappa shape index (κ2) is 8.84. The van der Waals surface area contributed by atoms with Gasteiger partial charge >= 0.3 is 6.09 Å². The van der Waals surface area contributed by atoms with Gasteiger partial charge in [0.1, 0.15) is 0 Å². The van der Waals surface area contributed by atoms with Gasteiger partial charge in [0.15, 0.2) is 5.72 Å². The number of hydrogen-bond acceptors (Lipinski definition) is 4. The van der Waals surface area contributed by atoms with Crippen LogP contribution in [0.2, 0.25) is 5.02 Å². The normalized spacial score (nSPS) is 15.8. The molecule has 1 heterocycles. The summed E-state index contributed by atoms with van der Waals surface area (Å²) in [5.74, 6) is 0.273. The molecule has 0 spiro atoms. The van der Waals surface area contributed by atoms with Gasteiger partial charge in [0, 0.05) is 31.6 Å². The van der Waals surface area contributed by atoms with Crippen molar-refractivity contribution in [2.45, 2.75) is 38.3 Å². The smallest absolute Gasteiger partial charge is 0.413 e. The van der Waals surface area contributed by atoms with E-state index >= 15 is 0 Å². The van der Waals surface area contributed by atoms with Crippen molar-refractivity contribution in [1.29, 1.82) is 0 Å². The lowest BCUT2D eigenvalue weighted by Crippen LogP contribution is -2.54. The van der Waals surface area contributed by atoms with E-state index in [9.17, 15) is 9.59 Å². The zero-order valence-electron chi connectivity index (χ0n) is 16.7. The number of piperidine rings is 1. The summed E-state index contributed by atoms with van der Waals surface area (Å²) in [4.78, 5) is 26.6. The molecule has 0 atom stereocenters. The summed E-state index contributed by atoms with van der Waals surface area (Å²) >= 11 is 6.12. The standard InChI is InChI=1S/C22H26ClN3O3/c1-15(2)16-7-9-17(10-8-16)25-21(28)29-22(24)11-13-26(14-12-22)20(27)18-5-3-4-6-19(18)23/h3-10,15H,11-14,24H2,1-2H3,(H,25,28). The van der Waals surface area contributed by atoms with E-state index in [4.69, 9.17) is 22.1 Å². The van der Waals surface area contributed by atoms with Crippen LogP contribution in [0.5, 0.6) is 0 Å². The molecule has 1 saturated heterocycles. The summed E-state index contributed by atoms with van der Waals surface area (Å²) in [6.45, 7) is 4.99. The van der Waals surface area contributed by atoms with Gasteiger partial charge in [-0.25, -0.2) is 4.79 Å². The summed E-state index contributed by atoms with van der Waals surface area (Å²) in [7, 11) is 0. The van der Waals surface area contributed by atoms with Crippen molar-refractivity contribution in [3.8, 4) is 0 Å². The highest BCUT2D eigenvalue weighted by molar-refractivity contribution is 6.33. The number of carbonyl (C=O) groups excluding carboxylic acids is 2. The SMILES string of the molecule is CC(C)c1ccc(NC(=O)OC2(N)CCN(C(=O)c3ccccc3Cl)CC2)cc1. The topological polar surface area (TPSA) is 84.7 Å². The first-order valence-electron chi connectivity index (χ1n) is 9.70. The van der Waals surface area contributed by atoms with Crippen LogP contribution in [-0.4, -0.2) is 35.7 Å². The largest absolute Gasteiger partial charge is 0.428 e. The monoisotopic (exact) mass is 415 g/mol. The number of nitrogens with zero attached hydrogens (tertiary/aromatic N) is 1. The van der Waals surface area contributed by atoms with E-state index in [1.165, 1.54) is 5.56 Å². The Morgan fingerprint density at radius 2 is 1.72 bits per heavy atom. The number of carbonyl (C=O) groups is 2. The van der Waals surface area contributed by atoms with Crippen LogP contribution in [0, 0.1) is 0 Å². The molecule has 0 aliphatic carbocycles. The summed E-state index contributed by atoms with van der Waals surface area (Å²) in [6, 6.07) is 14.6. The molecule has 2 amide bonds. The van der Waals surface area contributed by atoms with Crippen LogP contribution < -0.4 is 11.1 Å². The van der Waals surface area contributed by atoms with Gasteiger partial charge < -0.3 is 9.64 Å². The highest BCUT2D eigenvalue weighted by Crippen LogP contribution is 2.25. The number of hydrogen-bond donors (Lipinski definition) is 2. The van der Waals surface area contributed by atoms with Crippen LogP contribution in [0.3, 0.4) is 0 Å². The molecule has 0 radical (unpaired) electrons. The lowest BCUT2D eigenvalue weighted by atomic mass is 10.0. The summed E-state index contributed by atoms with van der Waals surface area (Å²) in [5, 5.41) is 3.13. The van der Waals surface area contributed by atoms with Crippen LogP contribution in [0.4, 0.5) is 10.5 Å². The Kier molecular flexibility index (Phi) is 6.45. The molecule has 154 valence electrons. The van der Waals surface area contributed by atoms with E-state index in [0.29, 0.717) is 48.1 Å². The van der Waals surface area contributed by atoms with Gasteiger partial charge in [-0.1, -0.05) is 49.7 Å². The molecule has 1 fully saturated rings. The summed E-state index contributed by atoms with van der Waals surface area (Å²) in [5.41, 5.74) is 7.45. The third-order valence-corrected chi connectivity index (χ3v) is 5.45. The van der Waals surface area contributed by atoms with Gasteiger partial charge in [-0.3, -0.25) is 15.8 Å². The molecule has 2 aromatic carbocycles. The number of nitrogens with two attached hydrogens (primary N) is 1. The van der Waals surface area contributed by atoms with Crippen molar-refractivity contribution in [1.82, 2.24) is 4.90 Å². The molecule has 1 aliphatic heterocycles. The molecule has 7 heteroatoms. The lowest BCUT2D eigenvalue weighted by Gasteiger charge is -2.38. The van der Waals surface area contributed by atoms with E-state index in [-0.39, 0.29) is 5.91 Å². The van der Waals surface area contributed by atoms with Crippen molar-refractivity contribution in [3.05, 3.63) is 64.7 Å². The number of anilines is 1. The van der Waals surface area contributed by atoms with E-state index in [2.05, 4.69) is 19.2 Å². The Balaban J connectivity index is 1.54. The maximum absolute atomic E-state index is 12.7. The quantitative estimate of drug-likeness (QED) is 0.714. The maximum atomic E-state index is 12.7. The van der Waals surface area contributed by atoms with E-state index in [1.54, 1.807) is 29.2 Å². The first-order valence-corrected chi connectivity index (χ1v) is 10.1. The molecule has 0 saturated carbocycles. The molecule has 1 aliphatic rings. The van der Waals surface area contributed by atoms with E-state index in [1.807, 2.05) is 24.3 Å². The number of benzene rings is 2. The van der Waals surface area contributed by atoms with Gasteiger partial charge in [-0.15, -0.1) is 0 Å². The number of ether oxygens (including phenoxy) is 1. The Hall–Kier alpha value is -2.57. The zero-order valence-corrected chi connectivity index (χ0v) is 17.4. The molecule has 0 bridgehead atoms. The Morgan fingerprint density at radius 1 is 1.10 bits per heavy atom. The van der Waals surface area contributed by atoms with Crippen LogP contribution in [-0.2, 0) is 4.74 Å². The average Bonchev–Trinajstić information content (AvgIpc) is 2.68. The molecule has 2 aromatic rings. The van der Waals surface area contributed by atoms with Crippen molar-refractivity contribution in [2.75, 3.05) is 18.4 Å². The lowest BCUT2D eigenvalue weighted by molar-refractivity contribution is -0.0211. The maximum Gasteiger partial charge on any atom is 0.413 e. The third kappa shape index (κ3) is 5.28. The number of likely N-dealkylation sites (tertiary alicyclic amines) is 1. The highest BCUT2D eigenvalue weighted by atomic mass is 35.5. The predicted octanol–water partition coefficient (Wildman–Crippen LogP) is 4.60. The minimum Gasteiger partial charge on any atom is -0.428 e. The Labute approximate surface area is 176 Å². The minimum absolute atomic E-state index is 0.146. The van der Waals surface area contributed by atoms with Gasteiger partial charge in [0.2, 0.25) is 0 Å². The van der Waals surface area contributed by atoms with Crippen LogP contribution >= 0.6 is 11.6 Å². The van der Waals surface area contributed by atoms with Gasteiger partial charge in [0.25, 0.3) is 5.91 Å². The zero-order chi connectivity index (χ0) is 21.0. The number of rotatable bonds is 4. The molecule has 0 unspecified atom stereocenters. The second-order valence-electron chi connectivity index (χ2n) is 7.63. The molecule has 29 heavy (non-hydrogen) atoms. The number of halogens is 1. The van der Waals surface area contributed by atoms with Crippen LogP contribution in [0.1, 0.15) is 48.5 Å². The minimum atomic E-state index is -1.11. The summed E-state index contributed by atoms with van der Waals surface area (Å²) < 4.78 is 5.48. The average molecular weight is 416 g/mol. The third-order valence-electron chi connectivity index (χ3n) is 5.12. The first kappa shape index (κ1) is 21.1.